The van der Waals surface area contributed by atoms with Crippen molar-refractivity contribution in [3.8, 4) is 0 Å². The molecular formula is C27H26N2O4. The first-order chi connectivity index (χ1) is 16.1. The number of benzene rings is 3. The maximum absolute atomic E-state index is 11.9. The number of hydrogen-bond donors (Lipinski definition) is 0. The minimum Gasteiger partial charge on any atom is -0.462 e. The molecule has 1 heterocycles. The lowest BCUT2D eigenvalue weighted by molar-refractivity contribution is 0.0516. The average Bonchev–Trinajstić information content (AvgIpc) is 3.17. The van der Waals surface area contributed by atoms with E-state index in [1.165, 1.54) is 0 Å². The van der Waals surface area contributed by atoms with Crippen molar-refractivity contribution in [2.75, 3.05) is 23.0 Å². The smallest absolute Gasteiger partial charge is 0.338 e. The minimum atomic E-state index is -0.311. The van der Waals surface area contributed by atoms with Gasteiger partial charge in [-0.3, -0.25) is 0 Å². The summed E-state index contributed by atoms with van der Waals surface area (Å²) in [6.07, 6.45) is 0. The molecule has 1 aliphatic rings. The Hall–Kier alpha value is -3.80. The zero-order chi connectivity index (χ0) is 23.2. The number of carbonyl (C=O) groups is 2. The summed E-state index contributed by atoms with van der Waals surface area (Å²) in [7, 11) is 0. The summed E-state index contributed by atoms with van der Waals surface area (Å²) in [5.74, 6) is -0.623. The normalized spacial score (nSPS) is 12.4. The molecule has 0 bridgehead atoms. The molecule has 3 aromatic carbocycles. The topological polar surface area (TPSA) is 59.1 Å². The second kappa shape index (κ2) is 10.2. The highest BCUT2D eigenvalue weighted by Gasteiger charge is 2.27. The molecule has 6 nitrogen and oxygen atoms in total. The zero-order valence-corrected chi connectivity index (χ0v) is 18.8. The van der Waals surface area contributed by atoms with Gasteiger partial charge in [-0.25, -0.2) is 9.59 Å². The third-order valence-electron chi connectivity index (χ3n) is 5.32. The zero-order valence-electron chi connectivity index (χ0n) is 18.8. The molecular weight excluding hydrogens is 416 g/mol. The SMILES string of the molecule is CCOC(=O)c1ccc(CN2[C]N(Cc3ccc(C(=O)OCC)cc3)c3ccccc32)cc1. The van der Waals surface area contributed by atoms with Crippen LogP contribution in [0.3, 0.4) is 0 Å². The first-order valence-electron chi connectivity index (χ1n) is 11.0. The van der Waals surface area contributed by atoms with Crippen LogP contribution >= 0.6 is 0 Å². The Labute approximate surface area is 194 Å². The van der Waals surface area contributed by atoms with Crippen LogP contribution in [0.5, 0.6) is 0 Å². The van der Waals surface area contributed by atoms with E-state index in [2.05, 4.69) is 28.6 Å². The molecule has 6 heteroatoms. The third-order valence-corrected chi connectivity index (χ3v) is 5.32. The number of para-hydroxylation sites is 2. The highest BCUT2D eigenvalue weighted by molar-refractivity contribution is 5.90. The number of esters is 2. The van der Waals surface area contributed by atoms with Gasteiger partial charge >= 0.3 is 11.9 Å². The monoisotopic (exact) mass is 442 g/mol. The number of carbonyl (C=O) groups excluding carboxylic acids is 2. The lowest BCUT2D eigenvalue weighted by atomic mass is 10.1. The Morgan fingerprint density at radius 3 is 1.42 bits per heavy atom. The second-order valence-electron chi connectivity index (χ2n) is 7.60. The van der Waals surface area contributed by atoms with Gasteiger partial charge in [0.2, 0.25) is 6.67 Å². The van der Waals surface area contributed by atoms with Crippen LogP contribution in [0.2, 0.25) is 0 Å². The van der Waals surface area contributed by atoms with Crippen molar-refractivity contribution in [3.63, 3.8) is 0 Å². The van der Waals surface area contributed by atoms with Crippen LogP contribution in [-0.2, 0) is 22.6 Å². The van der Waals surface area contributed by atoms with Crippen LogP contribution < -0.4 is 9.80 Å². The van der Waals surface area contributed by atoms with Gasteiger partial charge in [-0.2, -0.15) is 0 Å². The molecule has 0 saturated heterocycles. The molecule has 0 amide bonds. The summed E-state index contributed by atoms with van der Waals surface area (Å²) >= 11 is 0. The van der Waals surface area contributed by atoms with Gasteiger partial charge < -0.3 is 19.3 Å². The lowest BCUT2D eigenvalue weighted by Crippen LogP contribution is -2.24. The van der Waals surface area contributed by atoms with Crippen LogP contribution in [0, 0.1) is 6.67 Å². The molecule has 0 unspecified atom stereocenters. The Balaban J connectivity index is 1.46. The number of nitrogens with zero attached hydrogens (tertiary/aromatic N) is 2. The van der Waals surface area contributed by atoms with Gasteiger partial charge in [0.25, 0.3) is 0 Å². The first kappa shape index (κ1) is 22.4. The predicted molar refractivity (Wildman–Crippen MR) is 127 cm³/mol. The van der Waals surface area contributed by atoms with Gasteiger partial charge in [-0.1, -0.05) is 36.4 Å². The number of hydrogen-bond acceptors (Lipinski definition) is 6. The quantitative estimate of drug-likeness (QED) is 0.455. The highest BCUT2D eigenvalue weighted by Crippen LogP contribution is 2.39. The van der Waals surface area contributed by atoms with Crippen LogP contribution in [0.1, 0.15) is 45.7 Å². The molecule has 0 fully saturated rings. The molecule has 0 aromatic heterocycles. The molecule has 0 aliphatic carbocycles. The van der Waals surface area contributed by atoms with Gasteiger partial charge in [-0.05, 0) is 61.4 Å². The molecule has 0 saturated carbocycles. The fourth-order valence-electron chi connectivity index (χ4n) is 3.70. The molecule has 3 aromatic rings. The number of fused-ring (bicyclic) bond motifs is 1. The van der Waals surface area contributed by atoms with Gasteiger partial charge in [0.15, 0.2) is 0 Å². The van der Waals surface area contributed by atoms with Crippen molar-refractivity contribution in [1.82, 2.24) is 0 Å². The molecule has 0 spiro atoms. The van der Waals surface area contributed by atoms with E-state index < -0.39 is 0 Å². The average molecular weight is 443 g/mol. The molecule has 4 rings (SSSR count). The van der Waals surface area contributed by atoms with Crippen molar-refractivity contribution < 1.29 is 19.1 Å². The molecule has 2 radical (unpaired) electrons. The number of anilines is 2. The molecule has 0 N–H and O–H groups in total. The number of rotatable bonds is 8. The van der Waals surface area contributed by atoms with Crippen LogP contribution in [-0.4, -0.2) is 25.2 Å². The molecule has 33 heavy (non-hydrogen) atoms. The summed E-state index contributed by atoms with van der Waals surface area (Å²) in [5, 5.41) is 0. The first-order valence-corrected chi connectivity index (χ1v) is 11.0. The molecule has 1 aliphatic heterocycles. The Kier molecular flexibility index (Phi) is 6.93. The fourth-order valence-corrected chi connectivity index (χ4v) is 3.70. The van der Waals surface area contributed by atoms with Gasteiger partial charge in [0.05, 0.1) is 35.7 Å². The Morgan fingerprint density at radius 2 is 1.06 bits per heavy atom. The van der Waals surface area contributed by atoms with E-state index in [1.54, 1.807) is 38.1 Å². The maximum atomic E-state index is 11.9. The van der Waals surface area contributed by atoms with Gasteiger partial charge in [0.1, 0.15) is 0 Å². The second-order valence-corrected chi connectivity index (χ2v) is 7.60. The summed E-state index contributed by atoms with van der Waals surface area (Å²) < 4.78 is 10.1. The van der Waals surface area contributed by atoms with Crippen molar-refractivity contribution in [2.24, 2.45) is 0 Å². The summed E-state index contributed by atoms with van der Waals surface area (Å²) in [6, 6.07) is 23.1. The standard InChI is InChI=1S/C27H26N2O4/c1-3-32-26(30)22-13-9-20(10-14-22)17-28-19-29(25-8-6-5-7-24(25)28)18-21-11-15-23(16-12-21)27(31)33-4-2/h5-16H,3-4,17-18H2,1-2H3. The number of ether oxygens (including phenoxy) is 2. The van der Waals surface area contributed by atoms with Gasteiger partial charge in [-0.15, -0.1) is 0 Å². The molecule has 0 atom stereocenters. The maximum Gasteiger partial charge on any atom is 0.338 e. The van der Waals surface area contributed by atoms with Crippen molar-refractivity contribution in [3.05, 3.63) is 102 Å². The summed E-state index contributed by atoms with van der Waals surface area (Å²) in [5.41, 5.74) is 5.34. The van der Waals surface area contributed by atoms with E-state index in [-0.39, 0.29) is 11.9 Å². The Morgan fingerprint density at radius 1 is 0.667 bits per heavy atom. The van der Waals surface area contributed by atoms with Crippen molar-refractivity contribution in [1.29, 1.82) is 0 Å². The van der Waals surface area contributed by atoms with Gasteiger partial charge in [0, 0.05) is 13.1 Å². The summed E-state index contributed by atoms with van der Waals surface area (Å²) in [6.45, 7) is 9.00. The fraction of sp³-hybridized carbons (Fsp3) is 0.222. The van der Waals surface area contributed by atoms with E-state index >= 15 is 0 Å². The van der Waals surface area contributed by atoms with E-state index in [4.69, 9.17) is 9.47 Å². The Bertz CT molecular complexity index is 1020. The van der Waals surface area contributed by atoms with Crippen LogP contribution in [0.4, 0.5) is 11.4 Å². The van der Waals surface area contributed by atoms with Crippen molar-refractivity contribution in [2.45, 2.75) is 26.9 Å². The highest BCUT2D eigenvalue weighted by atomic mass is 16.5. The largest absolute Gasteiger partial charge is 0.462 e. The van der Waals surface area contributed by atoms with Crippen LogP contribution in [0.15, 0.2) is 72.8 Å². The minimum absolute atomic E-state index is 0.311. The summed E-state index contributed by atoms with van der Waals surface area (Å²) in [4.78, 5) is 27.9. The van der Waals surface area contributed by atoms with E-state index in [0.29, 0.717) is 37.4 Å². The van der Waals surface area contributed by atoms with E-state index in [0.717, 1.165) is 22.5 Å². The lowest BCUT2D eigenvalue weighted by Gasteiger charge is -2.20. The van der Waals surface area contributed by atoms with Crippen molar-refractivity contribution >= 4 is 23.3 Å². The van der Waals surface area contributed by atoms with E-state index in [9.17, 15) is 9.59 Å². The third kappa shape index (κ3) is 5.17. The van der Waals surface area contributed by atoms with E-state index in [1.807, 2.05) is 36.4 Å². The molecule has 168 valence electrons. The predicted octanol–water partition coefficient (Wildman–Crippen LogP) is 5.06. The van der Waals surface area contributed by atoms with Crippen LogP contribution in [0.25, 0.3) is 0 Å².